The maximum absolute atomic E-state index is 13.2. The van der Waals surface area contributed by atoms with Crippen LogP contribution in [0.25, 0.3) is 0 Å². The number of nitrogens with one attached hydrogen (secondary N) is 2. The molecule has 2 aromatic carbocycles. The van der Waals surface area contributed by atoms with Crippen LogP contribution in [-0.2, 0) is 4.79 Å². The van der Waals surface area contributed by atoms with Gasteiger partial charge in [0.15, 0.2) is 18.2 Å². The topological polar surface area (TPSA) is 67.4 Å². The van der Waals surface area contributed by atoms with Gasteiger partial charge in [0, 0.05) is 5.56 Å². The standard InChI is InChI=1S/C15H13FN2O3/c16-12-8-4-5-9-13(12)21-10-14(19)17-18-15(20)11-6-2-1-3-7-11/h1-9H,10H2,(H,17,19)(H,18,20). The normalized spacial score (nSPS) is 9.76. The fraction of sp³-hybridized carbons (Fsp3) is 0.0667. The molecule has 0 aliphatic heterocycles. The minimum absolute atomic E-state index is 0.0259. The summed E-state index contributed by atoms with van der Waals surface area (Å²) in [5.74, 6) is -1.63. The van der Waals surface area contributed by atoms with Crippen molar-refractivity contribution in [2.75, 3.05) is 6.61 Å². The van der Waals surface area contributed by atoms with Gasteiger partial charge in [0.05, 0.1) is 0 Å². The van der Waals surface area contributed by atoms with Crippen molar-refractivity contribution in [3.63, 3.8) is 0 Å². The molecule has 2 aromatic rings. The number of amides is 2. The Balaban J connectivity index is 1.78. The highest BCUT2D eigenvalue weighted by Crippen LogP contribution is 2.14. The molecule has 0 saturated heterocycles. The summed E-state index contributed by atoms with van der Waals surface area (Å²) in [6.45, 7) is -0.407. The van der Waals surface area contributed by atoms with E-state index in [1.54, 1.807) is 36.4 Å². The van der Waals surface area contributed by atoms with Gasteiger partial charge in [-0.15, -0.1) is 0 Å². The molecule has 2 N–H and O–H groups in total. The highest BCUT2D eigenvalue weighted by molar-refractivity contribution is 5.95. The van der Waals surface area contributed by atoms with Gasteiger partial charge in [-0.05, 0) is 24.3 Å². The van der Waals surface area contributed by atoms with Gasteiger partial charge < -0.3 is 4.74 Å². The first-order valence-corrected chi connectivity index (χ1v) is 6.18. The minimum atomic E-state index is -0.595. The number of hydrazine groups is 1. The van der Waals surface area contributed by atoms with E-state index in [-0.39, 0.29) is 5.75 Å². The molecule has 5 nitrogen and oxygen atoms in total. The monoisotopic (exact) mass is 288 g/mol. The van der Waals surface area contributed by atoms with Crippen LogP contribution in [0.5, 0.6) is 5.75 Å². The largest absolute Gasteiger partial charge is 0.481 e. The lowest BCUT2D eigenvalue weighted by molar-refractivity contribution is -0.123. The quantitative estimate of drug-likeness (QED) is 0.841. The van der Waals surface area contributed by atoms with Crippen molar-refractivity contribution >= 4 is 11.8 Å². The highest BCUT2D eigenvalue weighted by atomic mass is 19.1. The molecule has 21 heavy (non-hydrogen) atoms. The van der Waals surface area contributed by atoms with Gasteiger partial charge in [0.1, 0.15) is 0 Å². The Bertz CT molecular complexity index is 632. The lowest BCUT2D eigenvalue weighted by Crippen LogP contribution is -2.43. The van der Waals surface area contributed by atoms with E-state index in [9.17, 15) is 14.0 Å². The third-order valence-electron chi connectivity index (χ3n) is 2.55. The molecule has 6 heteroatoms. The fourth-order valence-corrected chi connectivity index (χ4v) is 1.53. The first-order valence-electron chi connectivity index (χ1n) is 6.18. The van der Waals surface area contributed by atoms with E-state index in [1.807, 2.05) is 0 Å². The summed E-state index contributed by atoms with van der Waals surface area (Å²) in [4.78, 5) is 23.1. The van der Waals surface area contributed by atoms with E-state index in [0.717, 1.165) is 0 Å². The summed E-state index contributed by atoms with van der Waals surface area (Å²) in [7, 11) is 0. The number of para-hydroxylation sites is 1. The van der Waals surface area contributed by atoms with Gasteiger partial charge in [-0.1, -0.05) is 30.3 Å². The molecule has 0 saturated carbocycles. The van der Waals surface area contributed by atoms with Gasteiger partial charge in [-0.25, -0.2) is 4.39 Å². The summed E-state index contributed by atoms with van der Waals surface area (Å²) in [5, 5.41) is 0. The summed E-state index contributed by atoms with van der Waals surface area (Å²) in [6.07, 6.45) is 0. The molecule has 2 amide bonds. The van der Waals surface area contributed by atoms with Crippen molar-refractivity contribution in [1.29, 1.82) is 0 Å². The summed E-state index contributed by atoms with van der Waals surface area (Å²) in [6, 6.07) is 14.1. The van der Waals surface area contributed by atoms with E-state index in [0.29, 0.717) is 5.56 Å². The molecule has 108 valence electrons. The minimum Gasteiger partial charge on any atom is -0.481 e. The third kappa shape index (κ3) is 4.31. The first-order chi connectivity index (χ1) is 10.2. The number of carbonyl (C=O) groups is 2. The van der Waals surface area contributed by atoms with E-state index >= 15 is 0 Å². The summed E-state index contributed by atoms with van der Waals surface area (Å²) < 4.78 is 18.2. The molecule has 0 unspecified atom stereocenters. The zero-order chi connectivity index (χ0) is 15.1. The van der Waals surface area contributed by atoms with Crippen molar-refractivity contribution in [3.05, 3.63) is 66.0 Å². The van der Waals surface area contributed by atoms with Gasteiger partial charge in [0.2, 0.25) is 0 Å². The number of halogens is 1. The Hall–Kier alpha value is -2.89. The van der Waals surface area contributed by atoms with E-state index in [2.05, 4.69) is 10.9 Å². The molecule has 2 rings (SSSR count). The van der Waals surface area contributed by atoms with Gasteiger partial charge in [-0.2, -0.15) is 0 Å². The first kappa shape index (κ1) is 14.5. The van der Waals surface area contributed by atoms with Crippen LogP contribution < -0.4 is 15.6 Å². The number of rotatable bonds is 4. The third-order valence-corrected chi connectivity index (χ3v) is 2.55. The molecule has 0 aliphatic carbocycles. The smallest absolute Gasteiger partial charge is 0.276 e. The Morgan fingerprint density at radius 2 is 1.62 bits per heavy atom. The van der Waals surface area contributed by atoms with Crippen LogP contribution in [0.3, 0.4) is 0 Å². The number of benzene rings is 2. The Labute approximate surface area is 120 Å². The average Bonchev–Trinajstić information content (AvgIpc) is 2.52. The maximum Gasteiger partial charge on any atom is 0.276 e. The number of ether oxygens (including phenoxy) is 1. The Kier molecular flexibility index (Phi) is 4.87. The van der Waals surface area contributed by atoms with Gasteiger partial charge in [-0.3, -0.25) is 20.4 Å². The van der Waals surface area contributed by atoms with E-state index < -0.39 is 24.2 Å². The highest BCUT2D eigenvalue weighted by Gasteiger charge is 2.08. The van der Waals surface area contributed by atoms with E-state index in [4.69, 9.17) is 4.74 Å². The Morgan fingerprint density at radius 1 is 0.952 bits per heavy atom. The molecule has 0 aliphatic rings. The van der Waals surface area contributed by atoms with Crippen molar-refractivity contribution in [2.45, 2.75) is 0 Å². The van der Waals surface area contributed by atoms with Crippen molar-refractivity contribution < 1.29 is 18.7 Å². The average molecular weight is 288 g/mol. The molecule has 0 fully saturated rings. The van der Waals surface area contributed by atoms with Gasteiger partial charge >= 0.3 is 0 Å². The zero-order valence-electron chi connectivity index (χ0n) is 11.0. The lowest BCUT2D eigenvalue weighted by atomic mass is 10.2. The number of hydrogen-bond acceptors (Lipinski definition) is 3. The summed E-state index contributed by atoms with van der Waals surface area (Å²) >= 11 is 0. The molecule has 0 bridgehead atoms. The van der Waals surface area contributed by atoms with Crippen LogP contribution in [0.2, 0.25) is 0 Å². The van der Waals surface area contributed by atoms with Crippen LogP contribution in [-0.4, -0.2) is 18.4 Å². The van der Waals surface area contributed by atoms with Crippen LogP contribution in [0, 0.1) is 5.82 Å². The summed E-state index contributed by atoms with van der Waals surface area (Å²) in [5.41, 5.74) is 4.83. The van der Waals surface area contributed by atoms with Crippen LogP contribution in [0.15, 0.2) is 54.6 Å². The maximum atomic E-state index is 13.2. The lowest BCUT2D eigenvalue weighted by Gasteiger charge is -2.09. The predicted octanol–water partition coefficient (Wildman–Crippen LogP) is 1.67. The second kappa shape index (κ2) is 7.04. The van der Waals surface area contributed by atoms with Crippen LogP contribution >= 0.6 is 0 Å². The number of hydrogen-bond donors (Lipinski definition) is 2. The molecule has 0 atom stereocenters. The van der Waals surface area contributed by atoms with Crippen molar-refractivity contribution in [1.82, 2.24) is 10.9 Å². The molecule has 0 aromatic heterocycles. The fourth-order valence-electron chi connectivity index (χ4n) is 1.53. The predicted molar refractivity (Wildman–Crippen MR) is 73.9 cm³/mol. The molecule has 0 heterocycles. The number of carbonyl (C=O) groups excluding carboxylic acids is 2. The molecule has 0 radical (unpaired) electrons. The zero-order valence-corrected chi connectivity index (χ0v) is 11.0. The Morgan fingerprint density at radius 3 is 2.33 bits per heavy atom. The second-order valence-electron chi connectivity index (χ2n) is 4.09. The van der Waals surface area contributed by atoms with Crippen molar-refractivity contribution in [2.24, 2.45) is 0 Å². The SMILES string of the molecule is O=C(COc1ccccc1F)NNC(=O)c1ccccc1. The molecule has 0 spiro atoms. The van der Waals surface area contributed by atoms with Crippen LogP contribution in [0.1, 0.15) is 10.4 Å². The molecular formula is C15H13FN2O3. The molecular weight excluding hydrogens is 275 g/mol. The van der Waals surface area contributed by atoms with Crippen molar-refractivity contribution in [3.8, 4) is 5.75 Å². The van der Waals surface area contributed by atoms with Gasteiger partial charge in [0.25, 0.3) is 11.8 Å². The van der Waals surface area contributed by atoms with E-state index in [1.165, 1.54) is 18.2 Å². The van der Waals surface area contributed by atoms with Crippen LogP contribution in [0.4, 0.5) is 4.39 Å². The second-order valence-corrected chi connectivity index (χ2v) is 4.09.